The van der Waals surface area contributed by atoms with Gasteiger partial charge in [-0.2, -0.15) is 5.10 Å². The standard InChI is InChI=1S/C12H15N5O/c13-11(18)9-4-1-5-10-15-12(16-17(9)10)8-3-2-6-14-7-8/h1,4-5,8,14H,2-3,6-7H2,(H2,13,18). The van der Waals surface area contributed by atoms with E-state index in [0.717, 1.165) is 31.8 Å². The second-order valence-corrected chi connectivity index (χ2v) is 4.56. The third-order valence-electron chi connectivity index (χ3n) is 3.29. The van der Waals surface area contributed by atoms with Gasteiger partial charge < -0.3 is 11.1 Å². The first kappa shape index (κ1) is 11.2. The smallest absolute Gasteiger partial charge is 0.267 e. The van der Waals surface area contributed by atoms with Crippen molar-refractivity contribution < 1.29 is 4.79 Å². The maximum Gasteiger partial charge on any atom is 0.267 e. The van der Waals surface area contributed by atoms with E-state index in [1.54, 1.807) is 12.1 Å². The molecule has 1 fully saturated rings. The SMILES string of the molecule is NC(=O)c1cccc2nc(C3CCCNC3)nn12. The van der Waals surface area contributed by atoms with Crippen molar-refractivity contribution in [3.05, 3.63) is 29.7 Å². The van der Waals surface area contributed by atoms with E-state index in [1.807, 2.05) is 6.07 Å². The summed E-state index contributed by atoms with van der Waals surface area (Å²) in [6.07, 6.45) is 2.21. The van der Waals surface area contributed by atoms with Crippen LogP contribution in [0.3, 0.4) is 0 Å². The lowest BCUT2D eigenvalue weighted by Crippen LogP contribution is -2.29. The van der Waals surface area contributed by atoms with Crippen LogP contribution in [0.2, 0.25) is 0 Å². The van der Waals surface area contributed by atoms with Gasteiger partial charge in [-0.3, -0.25) is 4.79 Å². The first-order valence-corrected chi connectivity index (χ1v) is 6.12. The molecule has 1 aliphatic rings. The minimum absolute atomic E-state index is 0.319. The molecule has 0 aromatic carbocycles. The molecular weight excluding hydrogens is 230 g/mol. The number of hydrogen-bond acceptors (Lipinski definition) is 4. The highest BCUT2D eigenvalue weighted by molar-refractivity contribution is 5.91. The Morgan fingerprint density at radius 3 is 3.11 bits per heavy atom. The Bertz CT molecular complexity index is 585. The molecule has 0 saturated carbocycles. The topological polar surface area (TPSA) is 85.3 Å². The van der Waals surface area contributed by atoms with Gasteiger partial charge in [0.05, 0.1) is 0 Å². The van der Waals surface area contributed by atoms with E-state index in [1.165, 1.54) is 4.52 Å². The van der Waals surface area contributed by atoms with E-state index in [2.05, 4.69) is 15.4 Å². The quantitative estimate of drug-likeness (QED) is 0.796. The van der Waals surface area contributed by atoms with Gasteiger partial charge in [0, 0.05) is 12.5 Å². The first-order valence-electron chi connectivity index (χ1n) is 6.12. The largest absolute Gasteiger partial charge is 0.364 e. The van der Waals surface area contributed by atoms with Crippen LogP contribution < -0.4 is 11.1 Å². The number of amides is 1. The molecule has 3 rings (SSSR count). The molecule has 3 heterocycles. The van der Waals surface area contributed by atoms with Gasteiger partial charge in [-0.15, -0.1) is 0 Å². The summed E-state index contributed by atoms with van der Waals surface area (Å²) in [5.41, 5.74) is 6.37. The van der Waals surface area contributed by atoms with Crippen LogP contribution in [-0.2, 0) is 0 Å². The molecular formula is C12H15N5O. The summed E-state index contributed by atoms with van der Waals surface area (Å²) in [6.45, 7) is 1.94. The number of piperidine rings is 1. The Kier molecular flexibility index (Phi) is 2.71. The number of fused-ring (bicyclic) bond motifs is 1. The van der Waals surface area contributed by atoms with E-state index in [4.69, 9.17) is 5.73 Å². The summed E-state index contributed by atoms with van der Waals surface area (Å²) in [5.74, 6) is 0.620. The second-order valence-electron chi connectivity index (χ2n) is 4.56. The number of nitrogens with two attached hydrogens (primary N) is 1. The molecule has 1 atom stereocenters. The van der Waals surface area contributed by atoms with Crippen LogP contribution in [0.4, 0.5) is 0 Å². The number of rotatable bonds is 2. The Balaban J connectivity index is 2.04. The Hall–Kier alpha value is -1.95. The molecule has 6 nitrogen and oxygen atoms in total. The zero-order chi connectivity index (χ0) is 12.5. The van der Waals surface area contributed by atoms with Gasteiger partial charge in [0.25, 0.3) is 5.91 Å². The van der Waals surface area contributed by atoms with Gasteiger partial charge in [0.1, 0.15) is 5.69 Å². The number of pyridine rings is 1. The van der Waals surface area contributed by atoms with Gasteiger partial charge in [-0.05, 0) is 31.5 Å². The minimum atomic E-state index is -0.487. The number of nitrogens with zero attached hydrogens (tertiary/aromatic N) is 3. The summed E-state index contributed by atoms with van der Waals surface area (Å²) < 4.78 is 1.53. The molecule has 0 spiro atoms. The van der Waals surface area contributed by atoms with E-state index in [9.17, 15) is 4.79 Å². The highest BCUT2D eigenvalue weighted by Crippen LogP contribution is 2.21. The number of aromatic nitrogens is 3. The molecule has 94 valence electrons. The maximum absolute atomic E-state index is 11.3. The highest BCUT2D eigenvalue weighted by atomic mass is 16.1. The van der Waals surface area contributed by atoms with Gasteiger partial charge in [-0.25, -0.2) is 9.50 Å². The predicted molar refractivity (Wildman–Crippen MR) is 66.3 cm³/mol. The zero-order valence-electron chi connectivity index (χ0n) is 9.97. The Morgan fingerprint density at radius 1 is 1.50 bits per heavy atom. The van der Waals surface area contributed by atoms with Crippen molar-refractivity contribution in [1.29, 1.82) is 0 Å². The van der Waals surface area contributed by atoms with Crippen LogP contribution in [0, 0.1) is 0 Å². The summed E-state index contributed by atoms with van der Waals surface area (Å²) in [5, 5.41) is 7.76. The number of hydrogen-bond donors (Lipinski definition) is 2. The Labute approximate surface area is 104 Å². The summed E-state index contributed by atoms with van der Waals surface area (Å²) in [7, 11) is 0. The van der Waals surface area contributed by atoms with Crippen LogP contribution in [0.25, 0.3) is 5.65 Å². The Morgan fingerprint density at radius 2 is 2.39 bits per heavy atom. The lowest BCUT2D eigenvalue weighted by Gasteiger charge is -2.19. The molecule has 1 saturated heterocycles. The van der Waals surface area contributed by atoms with E-state index < -0.39 is 5.91 Å². The zero-order valence-corrected chi connectivity index (χ0v) is 9.97. The van der Waals surface area contributed by atoms with Crippen molar-refractivity contribution in [2.24, 2.45) is 5.73 Å². The van der Waals surface area contributed by atoms with E-state index in [0.29, 0.717) is 17.3 Å². The molecule has 1 amide bonds. The van der Waals surface area contributed by atoms with Crippen LogP contribution in [0.5, 0.6) is 0 Å². The van der Waals surface area contributed by atoms with Gasteiger partial charge >= 0.3 is 0 Å². The molecule has 18 heavy (non-hydrogen) atoms. The van der Waals surface area contributed by atoms with Crippen LogP contribution in [0.15, 0.2) is 18.2 Å². The molecule has 3 N–H and O–H groups in total. The maximum atomic E-state index is 11.3. The highest BCUT2D eigenvalue weighted by Gasteiger charge is 2.20. The molecule has 0 aliphatic carbocycles. The number of nitrogens with one attached hydrogen (secondary N) is 1. The fraction of sp³-hybridized carbons (Fsp3) is 0.417. The molecule has 6 heteroatoms. The van der Waals surface area contributed by atoms with Gasteiger partial charge in [0.15, 0.2) is 11.5 Å². The van der Waals surface area contributed by atoms with Crippen molar-refractivity contribution in [3.63, 3.8) is 0 Å². The second kappa shape index (κ2) is 4.38. The first-order chi connectivity index (χ1) is 8.75. The molecule has 1 unspecified atom stereocenters. The van der Waals surface area contributed by atoms with Crippen molar-refractivity contribution >= 4 is 11.6 Å². The van der Waals surface area contributed by atoms with E-state index in [-0.39, 0.29) is 0 Å². The summed E-state index contributed by atoms with van der Waals surface area (Å²) in [6, 6.07) is 5.26. The van der Waals surface area contributed by atoms with E-state index >= 15 is 0 Å². The normalized spacial score (nSPS) is 20.1. The fourth-order valence-corrected chi connectivity index (χ4v) is 2.35. The summed E-state index contributed by atoms with van der Waals surface area (Å²) in [4.78, 5) is 15.8. The van der Waals surface area contributed by atoms with Crippen LogP contribution in [-0.4, -0.2) is 33.6 Å². The van der Waals surface area contributed by atoms with Crippen LogP contribution >= 0.6 is 0 Å². The third-order valence-corrected chi connectivity index (χ3v) is 3.29. The molecule has 0 bridgehead atoms. The van der Waals surface area contributed by atoms with Crippen molar-refractivity contribution in [3.8, 4) is 0 Å². The molecule has 2 aromatic rings. The molecule has 1 aliphatic heterocycles. The average Bonchev–Trinajstić information content (AvgIpc) is 2.83. The average molecular weight is 245 g/mol. The lowest BCUT2D eigenvalue weighted by molar-refractivity contribution is 0.0993. The number of carbonyl (C=O) groups is 1. The van der Waals surface area contributed by atoms with Crippen LogP contribution in [0.1, 0.15) is 35.1 Å². The predicted octanol–water partition coefficient (Wildman–Crippen LogP) is 0.295. The monoisotopic (exact) mass is 245 g/mol. The summed E-state index contributed by atoms with van der Waals surface area (Å²) >= 11 is 0. The fourth-order valence-electron chi connectivity index (χ4n) is 2.35. The third kappa shape index (κ3) is 1.84. The number of carbonyl (C=O) groups excluding carboxylic acids is 1. The molecule has 2 aromatic heterocycles. The lowest BCUT2D eigenvalue weighted by atomic mass is 9.99. The van der Waals surface area contributed by atoms with Crippen molar-refractivity contribution in [2.75, 3.05) is 13.1 Å². The van der Waals surface area contributed by atoms with Crippen molar-refractivity contribution in [1.82, 2.24) is 19.9 Å². The molecule has 0 radical (unpaired) electrons. The van der Waals surface area contributed by atoms with Gasteiger partial charge in [0.2, 0.25) is 0 Å². The van der Waals surface area contributed by atoms with Crippen molar-refractivity contribution in [2.45, 2.75) is 18.8 Å². The van der Waals surface area contributed by atoms with Gasteiger partial charge in [-0.1, -0.05) is 6.07 Å². The minimum Gasteiger partial charge on any atom is -0.364 e. The number of primary amides is 1.